The number of hydrogen-bond donors (Lipinski definition) is 0. The van der Waals surface area contributed by atoms with E-state index < -0.39 is 11.6 Å². The Morgan fingerprint density at radius 2 is 1.68 bits per heavy atom. The molecule has 0 heterocycles. The largest absolute Gasteiger partial charge is 0.378 e. The monoisotopic (exact) mass is 387 g/mol. The fourth-order valence-electron chi connectivity index (χ4n) is 4.76. The highest BCUT2D eigenvalue weighted by Crippen LogP contribution is 2.37. The first kappa shape index (κ1) is 21.0. The number of allylic oxidation sites excluding steroid dienone is 2. The van der Waals surface area contributed by atoms with Crippen LogP contribution in [0.1, 0.15) is 75.7 Å². The molecule has 2 saturated carbocycles. The second kappa shape index (κ2) is 10.7. The molecule has 0 unspecified atom stereocenters. The molecule has 0 atom stereocenters. The summed E-state index contributed by atoms with van der Waals surface area (Å²) in [5.74, 6) is 0.209. The molecule has 2 aliphatic rings. The first-order valence-corrected chi connectivity index (χ1v) is 10.8. The summed E-state index contributed by atoms with van der Waals surface area (Å²) in [5, 5.41) is 8.52. The van der Waals surface area contributed by atoms with Crippen molar-refractivity contribution in [3.8, 4) is 6.07 Å². The van der Waals surface area contributed by atoms with Crippen molar-refractivity contribution in [2.45, 2.75) is 76.2 Å². The fourth-order valence-corrected chi connectivity index (χ4v) is 4.76. The van der Waals surface area contributed by atoms with Gasteiger partial charge in [0.15, 0.2) is 11.6 Å². The lowest BCUT2D eigenvalue weighted by Crippen LogP contribution is -2.25. The van der Waals surface area contributed by atoms with Crippen LogP contribution in [0.5, 0.6) is 0 Å². The van der Waals surface area contributed by atoms with E-state index in [1.165, 1.54) is 31.4 Å². The maximum Gasteiger partial charge on any atom is 0.159 e. The Bertz CT molecular complexity index is 680. The topological polar surface area (TPSA) is 33.0 Å². The summed E-state index contributed by atoms with van der Waals surface area (Å²) < 4.78 is 32.8. The van der Waals surface area contributed by atoms with Gasteiger partial charge in [-0.1, -0.05) is 12.1 Å². The standard InChI is InChI=1S/C24H31F2NO/c25-23-14-11-21(16-24(23)26)20-9-5-19(6-10-20)17-28-22-12-7-18(8-13-22)4-2-1-3-15-27/h1,3,11,14,16,18-20,22H,2,4-10,12-13,17H2/b3-1+. The van der Waals surface area contributed by atoms with Gasteiger partial charge in [-0.3, -0.25) is 0 Å². The van der Waals surface area contributed by atoms with Crippen LogP contribution in [0.4, 0.5) is 8.78 Å². The molecule has 0 N–H and O–H groups in total. The van der Waals surface area contributed by atoms with Crippen LogP contribution in [0.2, 0.25) is 0 Å². The Balaban J connectivity index is 1.32. The number of ether oxygens (including phenoxy) is 1. The zero-order chi connectivity index (χ0) is 19.8. The minimum atomic E-state index is -0.765. The molecule has 0 amide bonds. The van der Waals surface area contributed by atoms with Crippen LogP contribution in [0.15, 0.2) is 30.4 Å². The highest BCUT2D eigenvalue weighted by molar-refractivity contribution is 5.22. The van der Waals surface area contributed by atoms with Gasteiger partial charge in [-0.15, -0.1) is 0 Å². The van der Waals surface area contributed by atoms with Gasteiger partial charge in [0.25, 0.3) is 0 Å². The smallest absolute Gasteiger partial charge is 0.159 e. The van der Waals surface area contributed by atoms with Gasteiger partial charge in [-0.2, -0.15) is 5.26 Å². The molecule has 2 fully saturated rings. The molecule has 1 aromatic carbocycles. The highest BCUT2D eigenvalue weighted by Gasteiger charge is 2.26. The fraction of sp³-hybridized carbons (Fsp3) is 0.625. The van der Waals surface area contributed by atoms with Gasteiger partial charge in [0, 0.05) is 12.7 Å². The molecule has 0 radical (unpaired) electrons. The van der Waals surface area contributed by atoms with Gasteiger partial charge in [0.2, 0.25) is 0 Å². The number of halogens is 2. The first-order valence-electron chi connectivity index (χ1n) is 10.8. The lowest BCUT2D eigenvalue weighted by Gasteiger charge is -2.32. The number of benzene rings is 1. The Kier molecular flexibility index (Phi) is 8.03. The summed E-state index contributed by atoms with van der Waals surface area (Å²) in [6, 6.07) is 6.39. The molecule has 0 bridgehead atoms. The molecule has 4 heteroatoms. The third-order valence-electron chi connectivity index (χ3n) is 6.56. The summed E-state index contributed by atoms with van der Waals surface area (Å²) in [6.45, 7) is 0.838. The van der Waals surface area contributed by atoms with Crippen molar-refractivity contribution in [3.63, 3.8) is 0 Å². The zero-order valence-corrected chi connectivity index (χ0v) is 16.6. The summed E-state index contributed by atoms with van der Waals surface area (Å²) in [6.07, 6.45) is 15.2. The van der Waals surface area contributed by atoms with Gasteiger partial charge in [0.1, 0.15) is 0 Å². The predicted octanol–water partition coefficient (Wildman–Crippen LogP) is 6.67. The minimum Gasteiger partial charge on any atom is -0.378 e. The second-order valence-electron chi connectivity index (χ2n) is 8.48. The van der Waals surface area contributed by atoms with Crippen molar-refractivity contribution in [1.82, 2.24) is 0 Å². The maximum atomic E-state index is 13.5. The number of nitriles is 1. The van der Waals surface area contributed by atoms with E-state index in [0.717, 1.165) is 63.0 Å². The van der Waals surface area contributed by atoms with Crippen molar-refractivity contribution in [2.75, 3.05) is 6.61 Å². The molecule has 28 heavy (non-hydrogen) atoms. The molecule has 152 valence electrons. The van der Waals surface area contributed by atoms with Crippen LogP contribution < -0.4 is 0 Å². The molecular formula is C24H31F2NO. The molecule has 0 saturated heterocycles. The predicted molar refractivity (Wildman–Crippen MR) is 107 cm³/mol. The molecule has 0 spiro atoms. The molecule has 2 nitrogen and oxygen atoms in total. The average Bonchev–Trinajstić information content (AvgIpc) is 2.73. The first-order chi connectivity index (χ1) is 13.7. The van der Waals surface area contributed by atoms with E-state index in [2.05, 4.69) is 0 Å². The normalized spacial score (nSPS) is 28.3. The molecule has 2 aliphatic carbocycles. The van der Waals surface area contributed by atoms with Gasteiger partial charge in [-0.25, -0.2) is 8.78 Å². The van der Waals surface area contributed by atoms with E-state index in [-0.39, 0.29) is 0 Å². The van der Waals surface area contributed by atoms with Crippen LogP contribution in [0.25, 0.3) is 0 Å². The lowest BCUT2D eigenvalue weighted by atomic mass is 9.79. The van der Waals surface area contributed by atoms with E-state index in [9.17, 15) is 8.78 Å². The lowest BCUT2D eigenvalue weighted by molar-refractivity contribution is -0.00824. The Morgan fingerprint density at radius 1 is 0.964 bits per heavy atom. The van der Waals surface area contributed by atoms with Gasteiger partial charge in [-0.05, 0) is 99.7 Å². The van der Waals surface area contributed by atoms with Crippen LogP contribution >= 0.6 is 0 Å². The van der Waals surface area contributed by atoms with Crippen molar-refractivity contribution >= 4 is 0 Å². The maximum absolute atomic E-state index is 13.5. The molecular weight excluding hydrogens is 356 g/mol. The number of rotatable bonds is 7. The average molecular weight is 388 g/mol. The molecule has 0 aliphatic heterocycles. The summed E-state index contributed by atoms with van der Waals surface area (Å²) >= 11 is 0. The van der Waals surface area contributed by atoms with E-state index in [4.69, 9.17) is 10.00 Å². The SMILES string of the molecule is N#C/C=C/CCC1CCC(OCC2CCC(c3ccc(F)c(F)c3)CC2)CC1. The van der Waals surface area contributed by atoms with Gasteiger partial charge in [0.05, 0.1) is 12.2 Å². The Labute approximate surface area is 167 Å². The van der Waals surface area contributed by atoms with Gasteiger partial charge >= 0.3 is 0 Å². The van der Waals surface area contributed by atoms with Crippen LogP contribution in [-0.4, -0.2) is 12.7 Å². The zero-order valence-electron chi connectivity index (χ0n) is 16.6. The van der Waals surface area contributed by atoms with Gasteiger partial charge < -0.3 is 4.74 Å². The summed E-state index contributed by atoms with van der Waals surface area (Å²) in [5.41, 5.74) is 0.932. The molecule has 3 rings (SSSR count). The van der Waals surface area contributed by atoms with Crippen LogP contribution in [0, 0.1) is 34.8 Å². The Hall–Kier alpha value is -1.73. The van der Waals surface area contributed by atoms with E-state index in [1.54, 1.807) is 12.1 Å². The number of nitrogens with zero attached hydrogens (tertiary/aromatic N) is 1. The summed E-state index contributed by atoms with van der Waals surface area (Å²) in [4.78, 5) is 0. The third kappa shape index (κ3) is 6.14. The van der Waals surface area contributed by atoms with Crippen molar-refractivity contribution in [3.05, 3.63) is 47.5 Å². The quantitative estimate of drug-likeness (QED) is 0.489. The van der Waals surface area contributed by atoms with E-state index >= 15 is 0 Å². The van der Waals surface area contributed by atoms with Crippen LogP contribution in [0.3, 0.4) is 0 Å². The second-order valence-corrected chi connectivity index (χ2v) is 8.48. The third-order valence-corrected chi connectivity index (χ3v) is 6.56. The molecule has 0 aromatic heterocycles. The van der Waals surface area contributed by atoms with E-state index in [1.807, 2.05) is 12.1 Å². The van der Waals surface area contributed by atoms with E-state index in [0.29, 0.717) is 17.9 Å². The van der Waals surface area contributed by atoms with Crippen molar-refractivity contribution in [1.29, 1.82) is 5.26 Å². The molecule has 1 aromatic rings. The minimum absolute atomic E-state index is 0.344. The summed E-state index contributed by atoms with van der Waals surface area (Å²) in [7, 11) is 0. The van der Waals surface area contributed by atoms with Crippen LogP contribution in [-0.2, 0) is 4.74 Å². The van der Waals surface area contributed by atoms with Crippen molar-refractivity contribution in [2.24, 2.45) is 11.8 Å². The Morgan fingerprint density at radius 3 is 2.36 bits per heavy atom. The highest BCUT2D eigenvalue weighted by atomic mass is 19.2. The van der Waals surface area contributed by atoms with Crippen molar-refractivity contribution < 1.29 is 13.5 Å². The number of hydrogen-bond acceptors (Lipinski definition) is 2.